The molecule has 0 N–H and O–H groups in total. The van der Waals surface area contributed by atoms with E-state index >= 15 is 0 Å². The minimum absolute atomic E-state index is 0.0170. The SMILES string of the molecule is C#Cc1ccc(CC(C)C(=O)Cc2ccccc2C2=CC(CC)=CC2)cc1. The molecule has 2 aromatic carbocycles. The molecule has 0 amide bonds. The van der Waals surface area contributed by atoms with Crippen LogP contribution in [0.5, 0.6) is 0 Å². The molecule has 1 heteroatoms. The van der Waals surface area contributed by atoms with Crippen LogP contribution in [0.3, 0.4) is 0 Å². The second kappa shape index (κ2) is 8.69. The van der Waals surface area contributed by atoms with Gasteiger partial charge in [-0.1, -0.05) is 73.9 Å². The second-order valence-electron chi connectivity index (χ2n) is 7.25. The largest absolute Gasteiger partial charge is 0.299 e. The lowest BCUT2D eigenvalue weighted by molar-refractivity contribution is -0.121. The van der Waals surface area contributed by atoms with Gasteiger partial charge in [-0.3, -0.25) is 4.79 Å². The molecular formula is C26H26O. The van der Waals surface area contributed by atoms with Crippen molar-refractivity contribution in [3.63, 3.8) is 0 Å². The summed E-state index contributed by atoms with van der Waals surface area (Å²) in [7, 11) is 0. The van der Waals surface area contributed by atoms with Gasteiger partial charge in [-0.25, -0.2) is 0 Å². The van der Waals surface area contributed by atoms with Crippen molar-refractivity contribution in [1.82, 2.24) is 0 Å². The van der Waals surface area contributed by atoms with Gasteiger partial charge in [-0.05, 0) is 53.7 Å². The summed E-state index contributed by atoms with van der Waals surface area (Å²) in [5.41, 5.74) is 7.09. The number of Topliss-reactive ketones (excluding diaryl/α,β-unsaturated/α-hetero) is 1. The van der Waals surface area contributed by atoms with Gasteiger partial charge < -0.3 is 0 Å². The molecule has 0 saturated carbocycles. The number of hydrogen-bond acceptors (Lipinski definition) is 1. The fourth-order valence-corrected chi connectivity index (χ4v) is 3.57. The monoisotopic (exact) mass is 354 g/mol. The van der Waals surface area contributed by atoms with E-state index in [1.807, 2.05) is 37.3 Å². The maximum Gasteiger partial charge on any atom is 0.140 e. The van der Waals surface area contributed by atoms with Crippen LogP contribution >= 0.6 is 0 Å². The van der Waals surface area contributed by atoms with Crippen molar-refractivity contribution in [3.8, 4) is 12.3 Å². The van der Waals surface area contributed by atoms with Gasteiger partial charge in [-0.2, -0.15) is 0 Å². The minimum atomic E-state index is -0.0170. The van der Waals surface area contributed by atoms with E-state index in [-0.39, 0.29) is 11.7 Å². The van der Waals surface area contributed by atoms with Crippen LogP contribution in [0.2, 0.25) is 0 Å². The van der Waals surface area contributed by atoms with Crippen LogP contribution in [-0.4, -0.2) is 5.78 Å². The summed E-state index contributed by atoms with van der Waals surface area (Å²) in [4.78, 5) is 12.9. The molecule has 0 radical (unpaired) electrons. The van der Waals surface area contributed by atoms with Crippen molar-refractivity contribution in [1.29, 1.82) is 0 Å². The molecule has 0 spiro atoms. The van der Waals surface area contributed by atoms with Gasteiger partial charge in [0.1, 0.15) is 5.78 Å². The fourth-order valence-electron chi connectivity index (χ4n) is 3.57. The van der Waals surface area contributed by atoms with E-state index in [0.717, 1.165) is 36.0 Å². The highest BCUT2D eigenvalue weighted by Crippen LogP contribution is 2.31. The Hall–Kier alpha value is -2.85. The van der Waals surface area contributed by atoms with Crippen LogP contribution in [-0.2, 0) is 17.6 Å². The Morgan fingerprint density at radius 3 is 2.56 bits per heavy atom. The summed E-state index contributed by atoms with van der Waals surface area (Å²) >= 11 is 0. The first-order chi connectivity index (χ1) is 13.1. The average molecular weight is 354 g/mol. The third-order valence-corrected chi connectivity index (χ3v) is 5.29. The highest BCUT2D eigenvalue weighted by molar-refractivity contribution is 5.85. The lowest BCUT2D eigenvalue weighted by Gasteiger charge is -2.14. The molecule has 0 heterocycles. The number of rotatable bonds is 7. The second-order valence-corrected chi connectivity index (χ2v) is 7.25. The smallest absolute Gasteiger partial charge is 0.140 e. The zero-order chi connectivity index (χ0) is 19.2. The third-order valence-electron chi connectivity index (χ3n) is 5.29. The molecule has 0 fully saturated rings. The van der Waals surface area contributed by atoms with Crippen LogP contribution in [0.4, 0.5) is 0 Å². The first-order valence-electron chi connectivity index (χ1n) is 9.66. The normalized spacial score (nSPS) is 14.3. The Labute approximate surface area is 162 Å². The van der Waals surface area contributed by atoms with Gasteiger partial charge in [0.15, 0.2) is 0 Å². The fraction of sp³-hybridized carbons (Fsp3) is 0.269. The molecule has 1 unspecified atom stereocenters. The average Bonchev–Trinajstić information content (AvgIpc) is 3.18. The van der Waals surface area contributed by atoms with Gasteiger partial charge in [0.25, 0.3) is 0 Å². The van der Waals surface area contributed by atoms with Gasteiger partial charge in [0.2, 0.25) is 0 Å². The first-order valence-corrected chi connectivity index (χ1v) is 9.66. The van der Waals surface area contributed by atoms with Crippen molar-refractivity contribution in [2.45, 2.75) is 39.5 Å². The molecule has 0 aromatic heterocycles. The predicted octanol–water partition coefficient (Wildman–Crippen LogP) is 5.78. The Bertz CT molecular complexity index is 919. The van der Waals surface area contributed by atoms with E-state index in [1.54, 1.807) is 0 Å². The van der Waals surface area contributed by atoms with Crippen molar-refractivity contribution in [3.05, 3.63) is 88.5 Å². The Balaban J connectivity index is 1.70. The first kappa shape index (κ1) is 18.9. The molecule has 27 heavy (non-hydrogen) atoms. The lowest BCUT2D eigenvalue weighted by atomic mass is 9.89. The highest BCUT2D eigenvalue weighted by Gasteiger charge is 2.18. The molecule has 3 rings (SSSR count). The quantitative estimate of drug-likeness (QED) is 0.576. The zero-order valence-electron chi connectivity index (χ0n) is 16.2. The molecule has 0 aliphatic heterocycles. The Kier molecular flexibility index (Phi) is 6.09. The molecule has 1 aliphatic carbocycles. The minimum Gasteiger partial charge on any atom is -0.299 e. The third kappa shape index (κ3) is 4.66. The summed E-state index contributed by atoms with van der Waals surface area (Å²) in [5.74, 6) is 2.89. The number of ketones is 1. The van der Waals surface area contributed by atoms with Crippen LogP contribution in [0, 0.1) is 18.3 Å². The summed E-state index contributed by atoms with van der Waals surface area (Å²) < 4.78 is 0. The molecule has 0 bridgehead atoms. The van der Waals surface area contributed by atoms with Crippen molar-refractivity contribution < 1.29 is 4.79 Å². The van der Waals surface area contributed by atoms with Crippen LogP contribution in [0.15, 0.2) is 66.3 Å². The summed E-state index contributed by atoms with van der Waals surface area (Å²) in [5, 5.41) is 0. The number of allylic oxidation sites excluding steroid dienone is 4. The molecular weight excluding hydrogens is 328 g/mol. The standard InChI is InChI=1S/C26H26O/c1-4-20-10-12-22(13-11-20)16-19(3)26(27)18-23-8-6-7-9-25(23)24-15-14-21(5-2)17-24/h1,6-14,17,19H,5,15-16,18H2,2-3H3. The van der Waals surface area contributed by atoms with E-state index in [4.69, 9.17) is 6.42 Å². The van der Waals surface area contributed by atoms with E-state index in [1.165, 1.54) is 16.7 Å². The highest BCUT2D eigenvalue weighted by atomic mass is 16.1. The molecule has 136 valence electrons. The van der Waals surface area contributed by atoms with Crippen LogP contribution < -0.4 is 0 Å². The Morgan fingerprint density at radius 2 is 1.89 bits per heavy atom. The number of benzene rings is 2. The summed E-state index contributed by atoms with van der Waals surface area (Å²) in [6, 6.07) is 16.2. The summed E-state index contributed by atoms with van der Waals surface area (Å²) in [6.07, 6.45) is 13.2. The van der Waals surface area contributed by atoms with Crippen molar-refractivity contribution >= 4 is 11.4 Å². The predicted molar refractivity (Wildman–Crippen MR) is 113 cm³/mol. The van der Waals surface area contributed by atoms with Gasteiger partial charge >= 0.3 is 0 Å². The van der Waals surface area contributed by atoms with E-state index in [2.05, 4.69) is 43.2 Å². The zero-order valence-corrected chi connectivity index (χ0v) is 16.2. The number of terminal acetylenes is 1. The number of carbonyl (C=O) groups is 1. The topological polar surface area (TPSA) is 17.1 Å². The van der Waals surface area contributed by atoms with E-state index in [9.17, 15) is 4.79 Å². The van der Waals surface area contributed by atoms with Gasteiger partial charge in [0.05, 0.1) is 0 Å². The van der Waals surface area contributed by atoms with Crippen molar-refractivity contribution in [2.24, 2.45) is 5.92 Å². The molecule has 2 aromatic rings. The Morgan fingerprint density at radius 1 is 1.15 bits per heavy atom. The van der Waals surface area contributed by atoms with E-state index < -0.39 is 0 Å². The lowest BCUT2D eigenvalue weighted by Crippen LogP contribution is -2.17. The van der Waals surface area contributed by atoms with Crippen LogP contribution in [0.25, 0.3) is 5.57 Å². The molecule has 1 nitrogen and oxygen atoms in total. The summed E-state index contributed by atoms with van der Waals surface area (Å²) in [6.45, 7) is 4.20. The molecule has 1 aliphatic rings. The number of carbonyl (C=O) groups excluding carboxylic acids is 1. The van der Waals surface area contributed by atoms with Crippen molar-refractivity contribution in [2.75, 3.05) is 0 Å². The van der Waals surface area contributed by atoms with Crippen LogP contribution in [0.1, 0.15) is 48.9 Å². The van der Waals surface area contributed by atoms with Gasteiger partial charge in [0, 0.05) is 17.9 Å². The maximum atomic E-state index is 12.9. The molecule has 0 saturated heterocycles. The molecule has 1 atom stereocenters. The van der Waals surface area contributed by atoms with Gasteiger partial charge in [-0.15, -0.1) is 6.42 Å². The van der Waals surface area contributed by atoms with E-state index in [0.29, 0.717) is 6.42 Å². The maximum absolute atomic E-state index is 12.9. The number of hydrogen-bond donors (Lipinski definition) is 0.